The number of rotatable bonds is 4. The second-order valence-corrected chi connectivity index (χ2v) is 3.65. The fourth-order valence-corrected chi connectivity index (χ4v) is 1.40. The molecule has 0 unspecified atom stereocenters. The van der Waals surface area contributed by atoms with E-state index in [0.29, 0.717) is 6.54 Å². The van der Waals surface area contributed by atoms with Gasteiger partial charge in [-0.05, 0) is 11.6 Å². The molecule has 16 heavy (non-hydrogen) atoms. The molecule has 0 saturated carbocycles. The van der Waals surface area contributed by atoms with Gasteiger partial charge in [0.15, 0.2) is 0 Å². The number of aliphatic imine (C=N–C) groups is 2. The molecule has 0 atom stereocenters. The molecule has 0 aliphatic heterocycles. The Morgan fingerprint density at radius 1 is 1.44 bits per heavy atom. The van der Waals surface area contributed by atoms with Crippen molar-refractivity contribution in [2.45, 2.75) is 19.9 Å². The average Bonchev–Trinajstić information content (AvgIpc) is 2.31. The smallest absolute Gasteiger partial charge is 0.101 e. The molecule has 0 saturated heterocycles. The van der Waals surface area contributed by atoms with Crippen molar-refractivity contribution < 1.29 is 0 Å². The van der Waals surface area contributed by atoms with Crippen molar-refractivity contribution in [2.75, 3.05) is 7.05 Å². The summed E-state index contributed by atoms with van der Waals surface area (Å²) in [4.78, 5) is 8.29. The van der Waals surface area contributed by atoms with Crippen molar-refractivity contribution in [3.05, 3.63) is 34.9 Å². The van der Waals surface area contributed by atoms with Crippen molar-refractivity contribution in [1.29, 1.82) is 0 Å². The van der Waals surface area contributed by atoms with Gasteiger partial charge in [-0.25, -0.2) is 0 Å². The maximum atomic E-state index is 6.04. The zero-order valence-corrected chi connectivity index (χ0v) is 10.3. The molecular weight excluding hydrogens is 222 g/mol. The molecular formula is C12H16ClN3. The average molecular weight is 238 g/mol. The minimum Gasteiger partial charge on any atom is -0.335 e. The highest BCUT2D eigenvalue weighted by atomic mass is 35.5. The van der Waals surface area contributed by atoms with Gasteiger partial charge in [-0.3, -0.25) is 9.98 Å². The first-order valence-corrected chi connectivity index (χ1v) is 5.59. The lowest BCUT2D eigenvalue weighted by Gasteiger charge is -2.04. The second kappa shape index (κ2) is 7.01. The van der Waals surface area contributed by atoms with E-state index in [4.69, 9.17) is 11.6 Å². The number of nitrogens with zero attached hydrogens (tertiary/aromatic N) is 2. The van der Waals surface area contributed by atoms with E-state index in [1.54, 1.807) is 13.4 Å². The summed E-state index contributed by atoms with van der Waals surface area (Å²) >= 11 is 6.04. The fraction of sp³-hybridized carbons (Fsp3) is 0.333. The lowest BCUT2D eigenvalue weighted by atomic mass is 10.2. The summed E-state index contributed by atoms with van der Waals surface area (Å²) in [5.41, 5.74) is 1.03. The molecule has 4 heteroatoms. The first-order chi connectivity index (χ1) is 7.77. The van der Waals surface area contributed by atoms with Crippen LogP contribution in [0.2, 0.25) is 5.02 Å². The number of halogens is 1. The normalized spacial score (nSPS) is 12.1. The predicted octanol–water partition coefficient (Wildman–Crippen LogP) is 2.90. The number of amidine groups is 1. The van der Waals surface area contributed by atoms with Crippen molar-refractivity contribution in [3.63, 3.8) is 0 Å². The van der Waals surface area contributed by atoms with Crippen LogP contribution >= 0.6 is 11.6 Å². The minimum absolute atomic E-state index is 0.591. The van der Waals surface area contributed by atoms with Crippen molar-refractivity contribution in [3.8, 4) is 0 Å². The zero-order chi connectivity index (χ0) is 11.8. The van der Waals surface area contributed by atoms with Crippen LogP contribution in [0.5, 0.6) is 0 Å². The summed E-state index contributed by atoms with van der Waals surface area (Å²) in [7, 11) is 1.72. The summed E-state index contributed by atoms with van der Waals surface area (Å²) in [6.07, 6.45) is 2.48. The van der Waals surface area contributed by atoms with Crippen LogP contribution in [-0.2, 0) is 6.54 Å². The van der Waals surface area contributed by atoms with Gasteiger partial charge in [0.1, 0.15) is 5.84 Å². The fourth-order valence-electron chi connectivity index (χ4n) is 1.21. The van der Waals surface area contributed by atoms with Crippen LogP contribution in [0, 0.1) is 0 Å². The summed E-state index contributed by atoms with van der Waals surface area (Å²) in [5, 5.41) is 3.78. The summed E-state index contributed by atoms with van der Waals surface area (Å²) in [5.74, 6) is 0.908. The van der Waals surface area contributed by atoms with Gasteiger partial charge in [0.25, 0.3) is 0 Å². The molecule has 0 aromatic heterocycles. The van der Waals surface area contributed by atoms with Gasteiger partial charge in [0.05, 0.1) is 12.9 Å². The highest BCUT2D eigenvalue weighted by Gasteiger charge is 1.98. The van der Waals surface area contributed by atoms with E-state index in [9.17, 15) is 0 Å². The first-order valence-electron chi connectivity index (χ1n) is 5.21. The van der Waals surface area contributed by atoms with Crippen LogP contribution in [-0.4, -0.2) is 19.2 Å². The Balaban J connectivity index is 2.66. The molecule has 0 heterocycles. The zero-order valence-electron chi connectivity index (χ0n) is 9.57. The second-order valence-electron chi connectivity index (χ2n) is 3.24. The summed E-state index contributed by atoms with van der Waals surface area (Å²) in [6.45, 7) is 2.63. The third-order valence-electron chi connectivity index (χ3n) is 2.09. The lowest BCUT2D eigenvalue weighted by molar-refractivity contribution is 1.02. The molecule has 86 valence electrons. The number of hydrogen-bond donors (Lipinski definition) is 1. The molecule has 0 spiro atoms. The maximum Gasteiger partial charge on any atom is 0.101 e. The molecule has 1 rings (SSSR count). The van der Waals surface area contributed by atoms with E-state index in [2.05, 4.69) is 15.3 Å². The highest BCUT2D eigenvalue weighted by Crippen LogP contribution is 2.15. The molecule has 0 fully saturated rings. The Bertz CT molecular complexity index is 386. The largest absolute Gasteiger partial charge is 0.335 e. The van der Waals surface area contributed by atoms with Gasteiger partial charge in [-0.2, -0.15) is 0 Å². The van der Waals surface area contributed by atoms with Crippen molar-refractivity contribution >= 4 is 23.8 Å². The van der Waals surface area contributed by atoms with E-state index in [1.165, 1.54) is 0 Å². The molecule has 0 radical (unpaired) electrons. The van der Waals surface area contributed by atoms with Gasteiger partial charge in [0.2, 0.25) is 0 Å². The first kappa shape index (κ1) is 12.7. The van der Waals surface area contributed by atoms with Crippen LogP contribution in [0.3, 0.4) is 0 Å². The third kappa shape index (κ3) is 4.03. The molecule has 0 amide bonds. The molecule has 0 aliphatic carbocycles. The Morgan fingerprint density at radius 2 is 2.19 bits per heavy atom. The SMILES string of the molecule is CCC(=NCc1ccccc1Cl)NC=NC. The minimum atomic E-state index is 0.591. The monoisotopic (exact) mass is 237 g/mol. The van der Waals surface area contributed by atoms with E-state index in [0.717, 1.165) is 22.8 Å². The Hall–Kier alpha value is -1.35. The van der Waals surface area contributed by atoms with E-state index in [1.807, 2.05) is 31.2 Å². The Morgan fingerprint density at radius 3 is 2.81 bits per heavy atom. The summed E-state index contributed by atoms with van der Waals surface area (Å²) < 4.78 is 0. The quantitative estimate of drug-likeness (QED) is 0.635. The molecule has 1 aromatic rings. The van der Waals surface area contributed by atoms with Crippen LogP contribution < -0.4 is 5.32 Å². The molecule has 0 bridgehead atoms. The van der Waals surface area contributed by atoms with Crippen molar-refractivity contribution in [1.82, 2.24) is 5.32 Å². The van der Waals surface area contributed by atoms with E-state index >= 15 is 0 Å². The number of nitrogens with one attached hydrogen (secondary N) is 1. The van der Waals surface area contributed by atoms with Crippen LogP contribution in [0.25, 0.3) is 0 Å². The standard InChI is InChI=1S/C12H16ClN3/c1-3-12(16-9-14-2)15-8-10-6-4-5-7-11(10)13/h4-7,9H,3,8H2,1-2H3,(H,14,15,16). The van der Waals surface area contributed by atoms with Crippen LogP contribution in [0.4, 0.5) is 0 Å². The van der Waals surface area contributed by atoms with Crippen LogP contribution in [0.1, 0.15) is 18.9 Å². The predicted molar refractivity (Wildman–Crippen MR) is 70.4 cm³/mol. The van der Waals surface area contributed by atoms with Gasteiger partial charge < -0.3 is 5.32 Å². The molecule has 1 N–H and O–H groups in total. The highest BCUT2D eigenvalue weighted by molar-refractivity contribution is 6.31. The van der Waals surface area contributed by atoms with Gasteiger partial charge in [-0.1, -0.05) is 36.7 Å². The summed E-state index contributed by atoms with van der Waals surface area (Å²) in [6, 6.07) is 7.73. The Labute approximate surface area is 101 Å². The van der Waals surface area contributed by atoms with Crippen LogP contribution in [0.15, 0.2) is 34.3 Å². The Kier molecular flexibility index (Phi) is 5.57. The number of hydrogen-bond acceptors (Lipinski definition) is 2. The topological polar surface area (TPSA) is 36.8 Å². The lowest BCUT2D eigenvalue weighted by Crippen LogP contribution is -2.20. The maximum absolute atomic E-state index is 6.04. The number of benzene rings is 1. The van der Waals surface area contributed by atoms with Gasteiger partial charge in [-0.15, -0.1) is 0 Å². The van der Waals surface area contributed by atoms with Crippen molar-refractivity contribution in [2.24, 2.45) is 9.98 Å². The molecule has 1 aromatic carbocycles. The molecule has 0 aliphatic rings. The van der Waals surface area contributed by atoms with Gasteiger partial charge in [0, 0.05) is 18.5 Å². The third-order valence-corrected chi connectivity index (χ3v) is 2.46. The molecule has 3 nitrogen and oxygen atoms in total. The van der Waals surface area contributed by atoms with Gasteiger partial charge >= 0.3 is 0 Å². The van der Waals surface area contributed by atoms with E-state index < -0.39 is 0 Å². The van der Waals surface area contributed by atoms with E-state index in [-0.39, 0.29) is 0 Å².